The van der Waals surface area contributed by atoms with Crippen LogP contribution in [0, 0.1) is 0 Å². The molecule has 0 amide bonds. The van der Waals surface area contributed by atoms with Gasteiger partial charge in [-0.05, 0) is 12.1 Å². The third kappa shape index (κ3) is 3.88. The van der Waals surface area contributed by atoms with Gasteiger partial charge in [0.15, 0.2) is 0 Å². The lowest BCUT2D eigenvalue weighted by atomic mass is 10.2. The summed E-state index contributed by atoms with van der Waals surface area (Å²) in [4.78, 5) is 3.96. The van der Waals surface area contributed by atoms with Crippen LogP contribution in [0.15, 0.2) is 24.4 Å². The Labute approximate surface area is 83.8 Å². The highest BCUT2D eigenvalue weighted by molar-refractivity contribution is 5.85. The van der Waals surface area contributed by atoms with Gasteiger partial charge in [0.25, 0.3) is 0 Å². The number of aliphatic hydroxyl groups is 1. The molecule has 70 valence electrons. The zero-order chi connectivity index (χ0) is 7.40. The van der Waals surface area contributed by atoms with Gasteiger partial charge in [-0.25, -0.2) is 0 Å². The Balaban J connectivity index is 0. The van der Waals surface area contributed by atoms with Gasteiger partial charge in [-0.1, -0.05) is 6.07 Å². The second-order valence-corrected chi connectivity index (χ2v) is 2.04. The summed E-state index contributed by atoms with van der Waals surface area (Å²) in [5.41, 5.74) is 6.21. The van der Waals surface area contributed by atoms with Crippen molar-refractivity contribution in [1.29, 1.82) is 0 Å². The topological polar surface area (TPSA) is 59.1 Å². The Hall–Kier alpha value is -0.350. The summed E-state index contributed by atoms with van der Waals surface area (Å²) in [5.74, 6) is 0. The molecule has 0 spiro atoms. The maximum atomic E-state index is 8.62. The van der Waals surface area contributed by atoms with Crippen molar-refractivity contribution in [2.75, 3.05) is 6.61 Å². The van der Waals surface area contributed by atoms with E-state index >= 15 is 0 Å². The molecule has 1 heterocycles. The third-order valence-corrected chi connectivity index (χ3v) is 1.26. The quantitative estimate of drug-likeness (QED) is 0.764. The molecule has 12 heavy (non-hydrogen) atoms. The van der Waals surface area contributed by atoms with E-state index in [4.69, 9.17) is 10.8 Å². The Bertz CT molecular complexity index is 196. The lowest BCUT2D eigenvalue weighted by molar-refractivity contribution is 0.266. The van der Waals surface area contributed by atoms with E-state index in [0.29, 0.717) is 0 Å². The summed E-state index contributed by atoms with van der Waals surface area (Å²) >= 11 is 0. The number of nitrogens with two attached hydrogens (primary N) is 1. The summed E-state index contributed by atoms with van der Waals surface area (Å²) in [7, 11) is 0. The number of halogens is 2. The van der Waals surface area contributed by atoms with Crippen LogP contribution in [-0.2, 0) is 0 Å². The van der Waals surface area contributed by atoms with Gasteiger partial charge >= 0.3 is 0 Å². The largest absolute Gasteiger partial charge is 0.394 e. The molecule has 0 saturated carbocycles. The van der Waals surface area contributed by atoms with Gasteiger partial charge < -0.3 is 10.8 Å². The second kappa shape index (κ2) is 7.31. The van der Waals surface area contributed by atoms with E-state index in [2.05, 4.69) is 4.98 Å². The molecule has 1 aromatic heterocycles. The lowest BCUT2D eigenvalue weighted by Crippen LogP contribution is -2.15. The fourth-order valence-corrected chi connectivity index (χ4v) is 0.689. The molecule has 0 radical (unpaired) electrons. The van der Waals surface area contributed by atoms with Crippen molar-refractivity contribution in [3.05, 3.63) is 30.1 Å². The van der Waals surface area contributed by atoms with Gasteiger partial charge in [-0.15, -0.1) is 24.8 Å². The van der Waals surface area contributed by atoms with Crippen LogP contribution in [0.5, 0.6) is 0 Å². The fraction of sp³-hybridized carbons (Fsp3) is 0.286. The van der Waals surface area contributed by atoms with Gasteiger partial charge in [-0.3, -0.25) is 4.98 Å². The number of pyridine rings is 1. The molecule has 0 bridgehead atoms. The molecule has 3 nitrogen and oxygen atoms in total. The summed E-state index contributed by atoms with van der Waals surface area (Å²) < 4.78 is 0. The minimum absolute atomic E-state index is 0. The minimum Gasteiger partial charge on any atom is -0.394 e. The Morgan fingerprint density at radius 1 is 1.42 bits per heavy atom. The summed E-state index contributed by atoms with van der Waals surface area (Å²) in [6.07, 6.45) is 1.66. The van der Waals surface area contributed by atoms with Gasteiger partial charge in [0.1, 0.15) is 0 Å². The molecule has 0 saturated heterocycles. The molecular weight excluding hydrogens is 199 g/mol. The lowest BCUT2D eigenvalue weighted by Gasteiger charge is -2.04. The third-order valence-electron chi connectivity index (χ3n) is 1.26. The van der Waals surface area contributed by atoms with Gasteiger partial charge in [0.2, 0.25) is 0 Å². The van der Waals surface area contributed by atoms with Crippen LogP contribution < -0.4 is 5.73 Å². The highest BCUT2D eigenvalue weighted by Crippen LogP contribution is 2.02. The van der Waals surface area contributed by atoms with Crippen LogP contribution in [0.3, 0.4) is 0 Å². The van der Waals surface area contributed by atoms with E-state index < -0.39 is 0 Å². The van der Waals surface area contributed by atoms with Crippen molar-refractivity contribution in [3.8, 4) is 0 Å². The first-order valence-corrected chi connectivity index (χ1v) is 3.12. The monoisotopic (exact) mass is 210 g/mol. The van der Waals surface area contributed by atoms with Crippen molar-refractivity contribution in [2.45, 2.75) is 6.04 Å². The van der Waals surface area contributed by atoms with E-state index in [-0.39, 0.29) is 37.5 Å². The fourth-order valence-electron chi connectivity index (χ4n) is 0.689. The van der Waals surface area contributed by atoms with E-state index in [0.717, 1.165) is 5.69 Å². The Morgan fingerprint density at radius 3 is 2.50 bits per heavy atom. The van der Waals surface area contributed by atoms with Crippen molar-refractivity contribution in [1.82, 2.24) is 4.98 Å². The van der Waals surface area contributed by atoms with Crippen LogP contribution in [0.4, 0.5) is 0 Å². The highest BCUT2D eigenvalue weighted by Gasteiger charge is 2.02. The predicted octanol–water partition coefficient (Wildman–Crippen LogP) is 0.917. The summed E-state index contributed by atoms with van der Waals surface area (Å²) in [6, 6.07) is 5.10. The number of aliphatic hydroxyl groups excluding tert-OH is 1. The first-order chi connectivity index (χ1) is 4.84. The molecular formula is C7H12Cl2N2O. The van der Waals surface area contributed by atoms with Gasteiger partial charge in [0, 0.05) is 6.20 Å². The molecule has 1 aromatic rings. The molecule has 5 heteroatoms. The molecule has 0 aromatic carbocycles. The molecule has 1 atom stereocenters. The SMILES string of the molecule is Cl.Cl.N[C@@H](CO)c1ccccn1. The number of hydrogen-bond acceptors (Lipinski definition) is 3. The first kappa shape index (κ1) is 14.2. The zero-order valence-electron chi connectivity index (χ0n) is 6.38. The Kier molecular flexibility index (Phi) is 8.64. The van der Waals surface area contributed by atoms with Gasteiger partial charge in [-0.2, -0.15) is 0 Å². The van der Waals surface area contributed by atoms with Crippen molar-refractivity contribution in [3.63, 3.8) is 0 Å². The summed E-state index contributed by atoms with van der Waals surface area (Å²) in [6.45, 7) is -0.0585. The number of nitrogens with zero attached hydrogens (tertiary/aromatic N) is 1. The molecule has 0 aliphatic rings. The van der Waals surface area contributed by atoms with Crippen LogP contribution in [0.25, 0.3) is 0 Å². The first-order valence-electron chi connectivity index (χ1n) is 3.12. The Morgan fingerprint density at radius 2 is 2.08 bits per heavy atom. The number of aromatic nitrogens is 1. The molecule has 0 aliphatic heterocycles. The molecule has 0 fully saturated rings. The molecule has 0 aliphatic carbocycles. The molecule has 3 N–H and O–H groups in total. The normalized spacial score (nSPS) is 10.8. The maximum absolute atomic E-state index is 8.62. The average Bonchev–Trinajstić information content (AvgIpc) is 2.05. The van der Waals surface area contributed by atoms with Crippen molar-refractivity contribution >= 4 is 24.8 Å². The van der Waals surface area contributed by atoms with E-state index in [1.165, 1.54) is 0 Å². The standard InChI is InChI=1S/C7H10N2O.2ClH/c8-6(5-10)7-3-1-2-4-9-7;;/h1-4,6,10H,5,8H2;2*1H/t6-;;/m0../s1. The van der Waals surface area contributed by atoms with Crippen molar-refractivity contribution < 1.29 is 5.11 Å². The minimum atomic E-state index is -0.346. The zero-order valence-corrected chi connectivity index (χ0v) is 8.02. The smallest absolute Gasteiger partial charge is 0.0704 e. The van der Waals surface area contributed by atoms with Crippen molar-refractivity contribution in [2.24, 2.45) is 5.73 Å². The van der Waals surface area contributed by atoms with Gasteiger partial charge in [0.05, 0.1) is 18.3 Å². The predicted molar refractivity (Wildman–Crippen MR) is 52.7 cm³/mol. The van der Waals surface area contributed by atoms with Crippen LogP contribution in [0.2, 0.25) is 0 Å². The highest BCUT2D eigenvalue weighted by atomic mass is 35.5. The van der Waals surface area contributed by atoms with Crippen LogP contribution in [0.1, 0.15) is 11.7 Å². The van der Waals surface area contributed by atoms with Crippen LogP contribution >= 0.6 is 24.8 Å². The van der Waals surface area contributed by atoms with E-state index in [9.17, 15) is 0 Å². The molecule has 0 unspecified atom stereocenters. The van der Waals surface area contributed by atoms with E-state index in [1.807, 2.05) is 12.1 Å². The van der Waals surface area contributed by atoms with Crippen LogP contribution in [-0.4, -0.2) is 16.7 Å². The number of hydrogen-bond donors (Lipinski definition) is 2. The molecule has 1 rings (SSSR count). The van der Waals surface area contributed by atoms with E-state index in [1.54, 1.807) is 12.3 Å². The summed E-state index contributed by atoms with van der Waals surface area (Å²) in [5, 5.41) is 8.62. The number of rotatable bonds is 2. The second-order valence-electron chi connectivity index (χ2n) is 2.04. The maximum Gasteiger partial charge on any atom is 0.0704 e. The average molecular weight is 211 g/mol.